The number of halogens is 1. The third-order valence-corrected chi connectivity index (χ3v) is 5.00. The minimum atomic E-state index is -0.756. The molecule has 1 N–H and O–H groups in total. The number of imide groups is 1. The standard InChI is InChI=1S/C17H19FN4O4/c18-11-1-3-12(4-2-11)22-15(23)14-13(19-16(22)24)5-6-21(14)17(25)20-7-9-26-10-8-20/h1-4,13-14H,5-10H2,(H,19,24). The molecule has 138 valence electrons. The van der Waals surface area contributed by atoms with Gasteiger partial charge in [0.15, 0.2) is 0 Å². The number of hydrogen-bond acceptors (Lipinski definition) is 4. The molecule has 3 heterocycles. The highest BCUT2D eigenvalue weighted by Crippen LogP contribution is 2.28. The van der Waals surface area contributed by atoms with E-state index in [4.69, 9.17) is 4.74 Å². The van der Waals surface area contributed by atoms with Crippen molar-refractivity contribution in [1.29, 1.82) is 0 Å². The summed E-state index contributed by atoms with van der Waals surface area (Å²) >= 11 is 0. The Morgan fingerprint density at radius 2 is 1.81 bits per heavy atom. The third-order valence-electron chi connectivity index (χ3n) is 5.00. The predicted octanol–water partition coefficient (Wildman–Crippen LogP) is 0.777. The number of carbonyl (C=O) groups excluding carboxylic acids is 3. The van der Waals surface area contributed by atoms with Gasteiger partial charge < -0.3 is 19.9 Å². The van der Waals surface area contributed by atoms with Gasteiger partial charge >= 0.3 is 12.1 Å². The fourth-order valence-electron chi connectivity index (χ4n) is 3.69. The van der Waals surface area contributed by atoms with Gasteiger partial charge in [0.2, 0.25) is 0 Å². The molecule has 4 rings (SSSR count). The van der Waals surface area contributed by atoms with Crippen LogP contribution in [0.5, 0.6) is 0 Å². The topological polar surface area (TPSA) is 82.2 Å². The van der Waals surface area contributed by atoms with Crippen molar-refractivity contribution >= 4 is 23.7 Å². The van der Waals surface area contributed by atoms with Crippen LogP contribution >= 0.6 is 0 Å². The van der Waals surface area contributed by atoms with Crippen LogP contribution in [0.15, 0.2) is 24.3 Å². The van der Waals surface area contributed by atoms with Gasteiger partial charge in [-0.3, -0.25) is 4.79 Å². The fourth-order valence-corrected chi connectivity index (χ4v) is 3.69. The molecule has 5 amide bonds. The van der Waals surface area contributed by atoms with Gasteiger partial charge in [-0.2, -0.15) is 0 Å². The molecule has 0 spiro atoms. The second kappa shape index (κ2) is 6.56. The second-order valence-corrected chi connectivity index (χ2v) is 6.51. The average molecular weight is 362 g/mol. The Balaban J connectivity index is 1.58. The second-order valence-electron chi connectivity index (χ2n) is 6.51. The predicted molar refractivity (Wildman–Crippen MR) is 89.1 cm³/mol. The first-order valence-electron chi connectivity index (χ1n) is 8.59. The van der Waals surface area contributed by atoms with Crippen LogP contribution < -0.4 is 10.2 Å². The van der Waals surface area contributed by atoms with Gasteiger partial charge in [-0.15, -0.1) is 0 Å². The first-order chi connectivity index (χ1) is 12.6. The molecule has 3 saturated heterocycles. The zero-order valence-electron chi connectivity index (χ0n) is 14.1. The van der Waals surface area contributed by atoms with Crippen LogP contribution in [0.4, 0.5) is 19.7 Å². The van der Waals surface area contributed by atoms with Crippen LogP contribution in [0.25, 0.3) is 0 Å². The lowest BCUT2D eigenvalue weighted by Gasteiger charge is -2.39. The maximum atomic E-state index is 13.2. The Morgan fingerprint density at radius 3 is 2.50 bits per heavy atom. The van der Waals surface area contributed by atoms with E-state index < -0.39 is 29.8 Å². The molecule has 3 aliphatic rings. The first-order valence-corrected chi connectivity index (χ1v) is 8.59. The minimum Gasteiger partial charge on any atom is -0.378 e. The molecule has 0 aliphatic carbocycles. The minimum absolute atomic E-state index is 0.218. The monoisotopic (exact) mass is 362 g/mol. The SMILES string of the molecule is O=C1NC2CCN(C(=O)N3CCOCC3)C2C(=O)N1c1ccc(F)cc1. The van der Waals surface area contributed by atoms with Crippen molar-refractivity contribution < 1.29 is 23.5 Å². The number of carbonyl (C=O) groups is 3. The van der Waals surface area contributed by atoms with E-state index in [-0.39, 0.29) is 11.7 Å². The number of ether oxygens (including phenoxy) is 1. The number of urea groups is 2. The fraction of sp³-hybridized carbons (Fsp3) is 0.471. The molecule has 0 aromatic heterocycles. The molecule has 3 fully saturated rings. The zero-order chi connectivity index (χ0) is 18.3. The van der Waals surface area contributed by atoms with Gasteiger partial charge in [0.1, 0.15) is 11.9 Å². The van der Waals surface area contributed by atoms with Crippen molar-refractivity contribution in [2.45, 2.75) is 18.5 Å². The van der Waals surface area contributed by atoms with Gasteiger partial charge in [0, 0.05) is 19.6 Å². The molecule has 0 saturated carbocycles. The smallest absolute Gasteiger partial charge is 0.329 e. The lowest BCUT2D eigenvalue weighted by molar-refractivity contribution is -0.122. The Bertz CT molecular complexity index is 735. The summed E-state index contributed by atoms with van der Waals surface area (Å²) in [5, 5.41) is 2.80. The number of amides is 5. The van der Waals surface area contributed by atoms with E-state index in [1.54, 1.807) is 4.90 Å². The van der Waals surface area contributed by atoms with Crippen molar-refractivity contribution in [2.75, 3.05) is 37.7 Å². The summed E-state index contributed by atoms with van der Waals surface area (Å²) in [4.78, 5) is 42.4. The third kappa shape index (κ3) is 2.78. The molecule has 0 bridgehead atoms. The van der Waals surface area contributed by atoms with E-state index in [2.05, 4.69) is 5.32 Å². The number of benzene rings is 1. The van der Waals surface area contributed by atoms with Crippen LogP contribution in [-0.4, -0.2) is 72.7 Å². The van der Waals surface area contributed by atoms with E-state index in [1.807, 2.05) is 0 Å². The Labute approximate surface area is 149 Å². The molecule has 8 nitrogen and oxygen atoms in total. The van der Waals surface area contributed by atoms with Crippen LogP contribution in [-0.2, 0) is 9.53 Å². The van der Waals surface area contributed by atoms with Crippen LogP contribution in [0.2, 0.25) is 0 Å². The van der Waals surface area contributed by atoms with Gasteiger partial charge in [-0.25, -0.2) is 18.9 Å². The highest BCUT2D eigenvalue weighted by atomic mass is 19.1. The number of hydrogen-bond donors (Lipinski definition) is 1. The van der Waals surface area contributed by atoms with E-state index in [1.165, 1.54) is 29.2 Å². The summed E-state index contributed by atoms with van der Waals surface area (Å²) < 4.78 is 18.4. The molecule has 1 aromatic carbocycles. The van der Waals surface area contributed by atoms with Crippen molar-refractivity contribution in [3.05, 3.63) is 30.1 Å². The summed E-state index contributed by atoms with van der Waals surface area (Å²) in [6, 6.07) is 3.19. The molecular weight excluding hydrogens is 343 g/mol. The van der Waals surface area contributed by atoms with Gasteiger partial charge in [-0.1, -0.05) is 0 Å². The number of nitrogens with zero attached hydrogens (tertiary/aromatic N) is 3. The molecule has 0 radical (unpaired) electrons. The number of anilines is 1. The number of fused-ring (bicyclic) bond motifs is 1. The largest absolute Gasteiger partial charge is 0.378 e. The maximum Gasteiger partial charge on any atom is 0.329 e. The average Bonchev–Trinajstić information content (AvgIpc) is 3.07. The van der Waals surface area contributed by atoms with Gasteiger partial charge in [0.05, 0.1) is 24.9 Å². The number of likely N-dealkylation sites (tertiary alicyclic amines) is 1. The summed E-state index contributed by atoms with van der Waals surface area (Å²) in [6.45, 7) is 2.30. The Hall–Kier alpha value is -2.68. The molecule has 1 aromatic rings. The lowest BCUT2D eigenvalue weighted by Crippen LogP contribution is -2.66. The molecule has 2 unspecified atom stereocenters. The summed E-state index contributed by atoms with van der Waals surface area (Å²) in [6.07, 6.45) is 0.523. The Morgan fingerprint density at radius 1 is 1.12 bits per heavy atom. The van der Waals surface area contributed by atoms with Crippen molar-refractivity contribution in [3.63, 3.8) is 0 Å². The van der Waals surface area contributed by atoms with Crippen LogP contribution in [0, 0.1) is 5.82 Å². The number of morpholine rings is 1. The number of nitrogens with one attached hydrogen (secondary N) is 1. The summed E-state index contributed by atoms with van der Waals surface area (Å²) in [5.74, 6) is -0.925. The van der Waals surface area contributed by atoms with Crippen molar-refractivity contribution in [2.24, 2.45) is 0 Å². The lowest BCUT2D eigenvalue weighted by atomic mass is 10.0. The maximum absolute atomic E-state index is 13.2. The van der Waals surface area contributed by atoms with E-state index >= 15 is 0 Å². The molecule has 3 aliphatic heterocycles. The van der Waals surface area contributed by atoms with E-state index in [0.717, 1.165) is 4.90 Å². The highest BCUT2D eigenvalue weighted by molar-refractivity contribution is 6.19. The summed E-state index contributed by atoms with van der Waals surface area (Å²) in [7, 11) is 0. The highest BCUT2D eigenvalue weighted by Gasteiger charge is 2.50. The normalized spacial score (nSPS) is 26.0. The molecular formula is C17H19FN4O4. The quantitative estimate of drug-likeness (QED) is 0.800. The molecule has 9 heteroatoms. The number of rotatable bonds is 1. The van der Waals surface area contributed by atoms with Crippen LogP contribution in [0.3, 0.4) is 0 Å². The zero-order valence-corrected chi connectivity index (χ0v) is 14.1. The van der Waals surface area contributed by atoms with E-state index in [0.29, 0.717) is 39.3 Å². The van der Waals surface area contributed by atoms with Gasteiger partial charge in [0.25, 0.3) is 5.91 Å². The first kappa shape index (κ1) is 16.8. The molecule has 26 heavy (non-hydrogen) atoms. The van der Waals surface area contributed by atoms with Gasteiger partial charge in [-0.05, 0) is 30.7 Å². The Kier molecular flexibility index (Phi) is 4.23. The van der Waals surface area contributed by atoms with Crippen LogP contribution in [0.1, 0.15) is 6.42 Å². The molecule has 2 atom stereocenters. The van der Waals surface area contributed by atoms with Crippen molar-refractivity contribution in [3.8, 4) is 0 Å². The van der Waals surface area contributed by atoms with E-state index in [9.17, 15) is 18.8 Å². The summed E-state index contributed by atoms with van der Waals surface area (Å²) in [5.41, 5.74) is 0.276. The van der Waals surface area contributed by atoms with Crippen molar-refractivity contribution in [1.82, 2.24) is 15.1 Å².